The lowest BCUT2D eigenvalue weighted by Gasteiger charge is -2.20. The number of nitrogens with zero attached hydrogens (tertiary/aromatic N) is 3. The Bertz CT molecular complexity index is 1150. The summed E-state index contributed by atoms with van der Waals surface area (Å²) in [6.45, 7) is 10.1. The minimum Gasteiger partial charge on any atom is -0.490 e. The molecular weight excluding hydrogens is 545 g/mol. The van der Waals surface area contributed by atoms with E-state index in [9.17, 15) is 4.79 Å². The maximum absolute atomic E-state index is 13.2. The maximum Gasteiger partial charge on any atom is 0.282 e. The van der Waals surface area contributed by atoms with E-state index in [0.29, 0.717) is 16.7 Å². The minimum atomic E-state index is -0.346. The molecule has 3 aromatic rings. The Morgan fingerprint density at radius 2 is 1.93 bits per heavy atom. The van der Waals surface area contributed by atoms with Crippen LogP contribution >= 0.6 is 38.5 Å². The number of rotatable bonds is 4. The molecule has 0 spiro atoms. The van der Waals surface area contributed by atoms with E-state index >= 15 is 0 Å². The lowest BCUT2D eigenvalue weighted by atomic mass is 9.95. The number of ether oxygens (including phenoxy) is 1. The molecule has 0 fully saturated rings. The third-order valence-electron chi connectivity index (χ3n) is 4.12. The number of hydrogen-bond donors (Lipinski definition) is 0. The van der Waals surface area contributed by atoms with Crippen molar-refractivity contribution in [1.82, 2.24) is 9.66 Å². The van der Waals surface area contributed by atoms with Crippen LogP contribution in [-0.2, 0) is 5.41 Å². The van der Waals surface area contributed by atoms with E-state index in [2.05, 4.69) is 43.6 Å². The highest BCUT2D eigenvalue weighted by Crippen LogP contribution is 2.24. The summed E-state index contributed by atoms with van der Waals surface area (Å²) in [4.78, 5) is 17.9. The molecule has 0 N–H and O–H groups in total. The van der Waals surface area contributed by atoms with Gasteiger partial charge in [0.05, 0.1) is 26.8 Å². The molecule has 29 heavy (non-hydrogen) atoms. The fraction of sp³-hybridized carbons (Fsp3) is 0.318. The van der Waals surface area contributed by atoms with Gasteiger partial charge in [0.25, 0.3) is 5.56 Å². The molecule has 1 aromatic heterocycles. The van der Waals surface area contributed by atoms with Crippen molar-refractivity contribution in [3.8, 4) is 5.75 Å². The number of halogens is 2. The first-order chi connectivity index (χ1) is 13.6. The average molecular weight is 568 g/mol. The Morgan fingerprint density at radius 1 is 1.21 bits per heavy atom. The molecule has 0 unspecified atom stereocenters. The molecule has 0 aliphatic heterocycles. The van der Waals surface area contributed by atoms with E-state index in [-0.39, 0.29) is 17.1 Å². The second-order valence-corrected chi connectivity index (χ2v) is 10.1. The third-order valence-corrected chi connectivity index (χ3v) is 5.46. The molecule has 3 rings (SSSR count). The Balaban J connectivity index is 2.10. The first-order valence-corrected chi connectivity index (χ1v) is 11.2. The summed E-state index contributed by atoms with van der Waals surface area (Å²) >= 11 is 5.67. The zero-order chi connectivity index (χ0) is 21.3. The molecule has 2 aromatic carbocycles. The molecular formula is C22H23BrIN3O2. The lowest BCUT2D eigenvalue weighted by Crippen LogP contribution is -2.29. The fourth-order valence-electron chi connectivity index (χ4n) is 2.81. The number of benzene rings is 2. The van der Waals surface area contributed by atoms with Gasteiger partial charge >= 0.3 is 0 Å². The smallest absolute Gasteiger partial charge is 0.282 e. The minimum absolute atomic E-state index is 0.110. The van der Waals surface area contributed by atoms with Crippen molar-refractivity contribution in [2.24, 2.45) is 5.10 Å². The summed E-state index contributed by atoms with van der Waals surface area (Å²) in [5, 5.41) is 5.04. The van der Waals surface area contributed by atoms with Gasteiger partial charge in [-0.15, -0.1) is 0 Å². The van der Waals surface area contributed by atoms with E-state index in [4.69, 9.17) is 9.72 Å². The van der Waals surface area contributed by atoms with Crippen LogP contribution in [-0.4, -0.2) is 22.0 Å². The Labute approximate surface area is 192 Å². The van der Waals surface area contributed by atoms with Crippen molar-refractivity contribution in [2.45, 2.75) is 46.1 Å². The van der Waals surface area contributed by atoms with Crippen LogP contribution in [0, 0.1) is 3.57 Å². The SMILES string of the molecule is CC(C)Oc1ccc(C=Nn2c(C(C)(C)C)nc3ccc(Br)cc3c2=O)cc1I. The summed E-state index contributed by atoms with van der Waals surface area (Å²) in [7, 11) is 0. The van der Waals surface area contributed by atoms with Crippen molar-refractivity contribution in [3.63, 3.8) is 0 Å². The highest BCUT2D eigenvalue weighted by Gasteiger charge is 2.22. The molecule has 5 nitrogen and oxygen atoms in total. The van der Waals surface area contributed by atoms with Crippen molar-refractivity contribution in [3.05, 3.63) is 66.2 Å². The zero-order valence-corrected chi connectivity index (χ0v) is 20.8. The van der Waals surface area contributed by atoms with Gasteiger partial charge in [-0.05, 0) is 78.4 Å². The second kappa shape index (κ2) is 8.55. The van der Waals surface area contributed by atoms with Crippen LogP contribution in [0.1, 0.15) is 46.0 Å². The lowest BCUT2D eigenvalue weighted by molar-refractivity contribution is 0.240. The molecule has 0 bridgehead atoms. The molecule has 0 aliphatic rings. The van der Waals surface area contributed by atoms with Crippen LogP contribution in [0.5, 0.6) is 5.75 Å². The van der Waals surface area contributed by atoms with Gasteiger partial charge in [-0.1, -0.05) is 36.7 Å². The molecule has 0 saturated heterocycles. The molecule has 0 atom stereocenters. The van der Waals surface area contributed by atoms with Crippen molar-refractivity contribution >= 4 is 55.6 Å². The average Bonchev–Trinajstić information content (AvgIpc) is 2.62. The highest BCUT2D eigenvalue weighted by molar-refractivity contribution is 14.1. The topological polar surface area (TPSA) is 56.5 Å². The molecule has 0 saturated carbocycles. The molecule has 7 heteroatoms. The number of hydrogen-bond acceptors (Lipinski definition) is 4. The third kappa shape index (κ3) is 5.06. The quantitative estimate of drug-likeness (QED) is 0.299. The zero-order valence-electron chi connectivity index (χ0n) is 17.0. The maximum atomic E-state index is 13.2. The Kier molecular flexibility index (Phi) is 6.48. The largest absolute Gasteiger partial charge is 0.490 e. The predicted octanol–water partition coefficient (Wildman–Crippen LogP) is 5.73. The normalized spacial score (nSPS) is 12.3. The molecule has 1 heterocycles. The number of aromatic nitrogens is 2. The molecule has 0 aliphatic carbocycles. The van der Waals surface area contributed by atoms with E-state index in [0.717, 1.165) is 19.4 Å². The van der Waals surface area contributed by atoms with Crippen LogP contribution in [0.3, 0.4) is 0 Å². The highest BCUT2D eigenvalue weighted by atomic mass is 127. The van der Waals surface area contributed by atoms with Gasteiger partial charge in [-0.25, -0.2) is 4.98 Å². The van der Waals surface area contributed by atoms with Gasteiger partial charge in [0.2, 0.25) is 0 Å². The summed E-state index contributed by atoms with van der Waals surface area (Å²) in [5.74, 6) is 1.45. The van der Waals surface area contributed by atoms with Crippen molar-refractivity contribution in [2.75, 3.05) is 0 Å². The first-order valence-electron chi connectivity index (χ1n) is 9.29. The van der Waals surface area contributed by atoms with Gasteiger partial charge in [-0.3, -0.25) is 4.79 Å². The molecule has 0 amide bonds. The monoisotopic (exact) mass is 567 g/mol. The van der Waals surface area contributed by atoms with Gasteiger partial charge in [-0.2, -0.15) is 9.78 Å². The van der Waals surface area contributed by atoms with E-state index in [1.807, 2.05) is 65.0 Å². The van der Waals surface area contributed by atoms with Crippen LogP contribution < -0.4 is 10.3 Å². The Morgan fingerprint density at radius 3 is 2.55 bits per heavy atom. The first kappa shape index (κ1) is 22.0. The molecule has 0 radical (unpaired) electrons. The van der Waals surface area contributed by atoms with Crippen LogP contribution in [0.2, 0.25) is 0 Å². The summed E-state index contributed by atoms with van der Waals surface area (Å²) in [6.07, 6.45) is 1.79. The van der Waals surface area contributed by atoms with Gasteiger partial charge in [0.15, 0.2) is 0 Å². The number of fused-ring (bicyclic) bond motifs is 1. The van der Waals surface area contributed by atoms with Crippen LogP contribution in [0.4, 0.5) is 0 Å². The standard InChI is InChI=1S/C22H23BrIN3O2/c1-13(2)29-19-9-6-14(10-17(19)24)12-25-27-20(28)16-11-15(23)7-8-18(16)26-21(27)22(3,4)5/h6-13H,1-5H3. The summed E-state index contributed by atoms with van der Waals surface area (Å²) in [5.41, 5.74) is 1.01. The van der Waals surface area contributed by atoms with E-state index in [1.54, 1.807) is 12.3 Å². The fourth-order valence-corrected chi connectivity index (χ4v) is 3.84. The van der Waals surface area contributed by atoms with Crippen LogP contribution in [0.25, 0.3) is 10.9 Å². The van der Waals surface area contributed by atoms with E-state index < -0.39 is 0 Å². The summed E-state index contributed by atoms with van der Waals surface area (Å²) < 4.78 is 9.01. The van der Waals surface area contributed by atoms with Gasteiger partial charge in [0, 0.05) is 9.89 Å². The van der Waals surface area contributed by atoms with E-state index in [1.165, 1.54) is 4.68 Å². The van der Waals surface area contributed by atoms with Gasteiger partial charge < -0.3 is 4.74 Å². The second-order valence-electron chi connectivity index (χ2n) is 8.06. The Hall–Kier alpha value is -1.74. The van der Waals surface area contributed by atoms with Crippen molar-refractivity contribution < 1.29 is 4.74 Å². The summed E-state index contributed by atoms with van der Waals surface area (Å²) in [6, 6.07) is 11.3. The predicted molar refractivity (Wildman–Crippen MR) is 130 cm³/mol. The van der Waals surface area contributed by atoms with Crippen molar-refractivity contribution in [1.29, 1.82) is 0 Å². The van der Waals surface area contributed by atoms with Crippen LogP contribution in [0.15, 0.2) is 50.8 Å². The molecule has 152 valence electrons. The van der Waals surface area contributed by atoms with Gasteiger partial charge in [0.1, 0.15) is 11.6 Å².